The van der Waals surface area contributed by atoms with Crippen molar-refractivity contribution in [3.05, 3.63) is 21.8 Å². The maximum Gasteiger partial charge on any atom is 0.241 e. The Morgan fingerprint density at radius 1 is 1.60 bits per heavy atom. The molecule has 7 heteroatoms. The van der Waals surface area contributed by atoms with Gasteiger partial charge in [-0.05, 0) is 46.9 Å². The Labute approximate surface area is 130 Å². The average molecular weight is 357 g/mol. The first-order chi connectivity index (χ1) is 9.58. The van der Waals surface area contributed by atoms with E-state index in [1.807, 2.05) is 11.4 Å². The van der Waals surface area contributed by atoms with Crippen LogP contribution in [0.5, 0.6) is 0 Å². The third-order valence-corrected chi connectivity index (χ3v) is 5.43. The van der Waals surface area contributed by atoms with Gasteiger partial charge in [0.2, 0.25) is 11.7 Å². The summed E-state index contributed by atoms with van der Waals surface area (Å²) in [4.78, 5) is 7.81. The number of hydrogen-bond acceptors (Lipinski definition) is 6. The smallest absolute Gasteiger partial charge is 0.241 e. The average Bonchev–Trinajstić information content (AvgIpc) is 3.12. The SMILES string of the molecule is CC1(CN)CCN(Cc2nc(-c3cc(Br)cs3)no2)C1. The van der Waals surface area contributed by atoms with E-state index >= 15 is 0 Å². The van der Waals surface area contributed by atoms with E-state index in [0.717, 1.165) is 35.4 Å². The second-order valence-electron chi connectivity index (χ2n) is 5.62. The van der Waals surface area contributed by atoms with Gasteiger partial charge in [-0.2, -0.15) is 4.98 Å². The fourth-order valence-electron chi connectivity index (χ4n) is 2.47. The Bertz CT molecular complexity index is 599. The Morgan fingerprint density at radius 3 is 3.10 bits per heavy atom. The van der Waals surface area contributed by atoms with Gasteiger partial charge in [-0.1, -0.05) is 12.1 Å². The summed E-state index contributed by atoms with van der Waals surface area (Å²) in [5.41, 5.74) is 6.05. The number of halogens is 1. The van der Waals surface area contributed by atoms with Crippen LogP contribution in [0.4, 0.5) is 0 Å². The molecule has 20 heavy (non-hydrogen) atoms. The van der Waals surface area contributed by atoms with Gasteiger partial charge in [0.1, 0.15) is 0 Å². The quantitative estimate of drug-likeness (QED) is 0.911. The van der Waals surface area contributed by atoms with Gasteiger partial charge in [-0.15, -0.1) is 11.3 Å². The minimum Gasteiger partial charge on any atom is -0.338 e. The Kier molecular flexibility index (Phi) is 3.94. The maximum absolute atomic E-state index is 5.82. The number of hydrogen-bond donors (Lipinski definition) is 1. The predicted molar refractivity (Wildman–Crippen MR) is 82.4 cm³/mol. The highest BCUT2D eigenvalue weighted by atomic mass is 79.9. The van der Waals surface area contributed by atoms with Crippen LogP contribution in [0.15, 0.2) is 20.4 Å². The zero-order valence-electron chi connectivity index (χ0n) is 11.3. The number of nitrogens with two attached hydrogens (primary N) is 1. The van der Waals surface area contributed by atoms with Crippen LogP contribution >= 0.6 is 27.3 Å². The molecule has 1 fully saturated rings. The van der Waals surface area contributed by atoms with E-state index in [1.54, 1.807) is 11.3 Å². The summed E-state index contributed by atoms with van der Waals surface area (Å²) in [6, 6.07) is 2.00. The van der Waals surface area contributed by atoms with Crippen molar-refractivity contribution in [2.75, 3.05) is 19.6 Å². The largest absolute Gasteiger partial charge is 0.338 e. The minimum absolute atomic E-state index is 0.224. The lowest BCUT2D eigenvalue weighted by Gasteiger charge is -2.21. The Morgan fingerprint density at radius 2 is 2.45 bits per heavy atom. The van der Waals surface area contributed by atoms with Gasteiger partial charge in [0.15, 0.2) is 0 Å². The lowest BCUT2D eigenvalue weighted by molar-refractivity contribution is 0.239. The first-order valence-electron chi connectivity index (χ1n) is 6.57. The topological polar surface area (TPSA) is 68.2 Å². The van der Waals surface area contributed by atoms with E-state index in [0.29, 0.717) is 18.3 Å². The van der Waals surface area contributed by atoms with Crippen LogP contribution in [0.3, 0.4) is 0 Å². The third-order valence-electron chi connectivity index (χ3n) is 3.74. The van der Waals surface area contributed by atoms with Crippen LogP contribution < -0.4 is 5.73 Å². The summed E-state index contributed by atoms with van der Waals surface area (Å²) in [6.07, 6.45) is 1.13. The van der Waals surface area contributed by atoms with E-state index in [4.69, 9.17) is 10.3 Å². The monoisotopic (exact) mass is 356 g/mol. The summed E-state index contributed by atoms with van der Waals surface area (Å²) in [5, 5.41) is 6.06. The Hall–Kier alpha value is -0.760. The summed E-state index contributed by atoms with van der Waals surface area (Å²) in [7, 11) is 0. The van der Waals surface area contributed by atoms with Crippen molar-refractivity contribution in [1.82, 2.24) is 15.0 Å². The molecule has 0 aliphatic carbocycles. The van der Waals surface area contributed by atoms with Crippen LogP contribution in [-0.2, 0) is 6.54 Å². The summed E-state index contributed by atoms with van der Waals surface area (Å²) < 4.78 is 6.39. The highest BCUT2D eigenvalue weighted by Crippen LogP contribution is 2.30. The van der Waals surface area contributed by atoms with Gasteiger partial charge < -0.3 is 10.3 Å². The van der Waals surface area contributed by atoms with Crippen molar-refractivity contribution in [3.8, 4) is 10.7 Å². The van der Waals surface area contributed by atoms with Crippen molar-refractivity contribution >= 4 is 27.3 Å². The molecule has 2 N–H and O–H groups in total. The molecule has 2 aromatic heterocycles. The van der Waals surface area contributed by atoms with Gasteiger partial charge >= 0.3 is 0 Å². The van der Waals surface area contributed by atoms with E-state index in [9.17, 15) is 0 Å². The second kappa shape index (κ2) is 5.55. The number of aromatic nitrogens is 2. The first kappa shape index (κ1) is 14.2. The molecule has 0 amide bonds. The first-order valence-corrected chi connectivity index (χ1v) is 8.25. The molecular weight excluding hydrogens is 340 g/mol. The molecule has 3 heterocycles. The van der Waals surface area contributed by atoms with E-state index < -0.39 is 0 Å². The van der Waals surface area contributed by atoms with Gasteiger partial charge in [0.05, 0.1) is 11.4 Å². The van der Waals surface area contributed by atoms with Crippen LogP contribution in [0.1, 0.15) is 19.2 Å². The number of likely N-dealkylation sites (tertiary alicyclic amines) is 1. The predicted octanol–water partition coefficient (Wildman–Crippen LogP) is 2.73. The Balaban J connectivity index is 1.66. The molecule has 0 saturated carbocycles. The molecule has 0 radical (unpaired) electrons. The molecule has 0 aromatic carbocycles. The minimum atomic E-state index is 0.224. The van der Waals surface area contributed by atoms with Crippen LogP contribution in [-0.4, -0.2) is 34.7 Å². The van der Waals surface area contributed by atoms with Crippen molar-refractivity contribution in [2.24, 2.45) is 11.1 Å². The zero-order valence-corrected chi connectivity index (χ0v) is 13.7. The van der Waals surface area contributed by atoms with Gasteiger partial charge in [-0.25, -0.2) is 0 Å². The highest BCUT2D eigenvalue weighted by molar-refractivity contribution is 9.10. The van der Waals surface area contributed by atoms with Gasteiger partial charge in [0.25, 0.3) is 0 Å². The van der Waals surface area contributed by atoms with Crippen molar-refractivity contribution in [2.45, 2.75) is 19.9 Å². The maximum atomic E-state index is 5.82. The lowest BCUT2D eigenvalue weighted by Crippen LogP contribution is -2.31. The second-order valence-corrected chi connectivity index (χ2v) is 7.44. The third kappa shape index (κ3) is 2.95. The number of rotatable bonds is 4. The van der Waals surface area contributed by atoms with E-state index in [1.165, 1.54) is 0 Å². The normalized spacial score (nSPS) is 23.6. The highest BCUT2D eigenvalue weighted by Gasteiger charge is 2.33. The molecule has 1 aliphatic rings. The molecule has 1 saturated heterocycles. The molecule has 0 spiro atoms. The summed E-state index contributed by atoms with van der Waals surface area (Å²) in [6.45, 7) is 5.69. The summed E-state index contributed by atoms with van der Waals surface area (Å²) >= 11 is 5.03. The van der Waals surface area contributed by atoms with E-state index in [2.05, 4.69) is 37.9 Å². The van der Waals surface area contributed by atoms with Crippen LogP contribution in [0, 0.1) is 5.41 Å². The molecule has 1 aliphatic heterocycles. The van der Waals surface area contributed by atoms with Gasteiger partial charge in [0, 0.05) is 16.4 Å². The molecular formula is C13H17BrN4OS. The molecule has 1 atom stereocenters. The zero-order chi connectivity index (χ0) is 14.2. The molecule has 0 bridgehead atoms. The molecule has 2 aromatic rings. The standard InChI is InChI=1S/C13H17BrN4OS/c1-13(7-15)2-3-18(8-13)5-11-16-12(17-19-11)10-4-9(14)6-20-10/h4,6H,2-3,5,7-8,15H2,1H3. The van der Waals surface area contributed by atoms with Crippen LogP contribution in [0.2, 0.25) is 0 Å². The van der Waals surface area contributed by atoms with Crippen molar-refractivity contribution in [1.29, 1.82) is 0 Å². The molecule has 1 unspecified atom stereocenters. The molecule has 108 valence electrons. The fourth-order valence-corrected chi connectivity index (χ4v) is 3.82. The summed E-state index contributed by atoms with van der Waals surface area (Å²) in [5.74, 6) is 1.34. The van der Waals surface area contributed by atoms with E-state index in [-0.39, 0.29) is 5.41 Å². The van der Waals surface area contributed by atoms with Gasteiger partial charge in [-0.3, -0.25) is 4.90 Å². The molecule has 3 rings (SSSR count). The van der Waals surface area contributed by atoms with Crippen molar-refractivity contribution in [3.63, 3.8) is 0 Å². The number of nitrogens with zero attached hydrogens (tertiary/aromatic N) is 3. The molecule has 5 nitrogen and oxygen atoms in total. The number of thiophene rings is 1. The van der Waals surface area contributed by atoms with Crippen LogP contribution in [0.25, 0.3) is 10.7 Å². The fraction of sp³-hybridized carbons (Fsp3) is 0.538. The lowest BCUT2D eigenvalue weighted by atomic mass is 9.90. The van der Waals surface area contributed by atoms with Crippen molar-refractivity contribution < 1.29 is 4.52 Å².